The van der Waals surface area contributed by atoms with Gasteiger partial charge in [-0.05, 0) is 30.9 Å². The molecule has 0 radical (unpaired) electrons. The largest absolute Gasteiger partial charge is 0.461 e. The van der Waals surface area contributed by atoms with Crippen molar-refractivity contribution in [1.29, 1.82) is 0 Å². The summed E-state index contributed by atoms with van der Waals surface area (Å²) in [6, 6.07) is 4.85. The summed E-state index contributed by atoms with van der Waals surface area (Å²) in [5.41, 5.74) is -0.228. The third kappa shape index (κ3) is 2.23. The summed E-state index contributed by atoms with van der Waals surface area (Å²) in [5.74, 6) is 1.03. The summed E-state index contributed by atoms with van der Waals surface area (Å²) in [6.07, 6.45) is 5.25. The first-order chi connectivity index (χ1) is 11.6. The van der Waals surface area contributed by atoms with Gasteiger partial charge in [-0.1, -0.05) is 24.9 Å². The lowest BCUT2D eigenvalue weighted by molar-refractivity contribution is -0.134. The smallest absolute Gasteiger partial charge is 0.325 e. The first kappa shape index (κ1) is 15.0. The van der Waals surface area contributed by atoms with E-state index in [0.717, 1.165) is 19.3 Å². The van der Waals surface area contributed by atoms with E-state index in [0.29, 0.717) is 23.6 Å². The third-order valence-corrected chi connectivity index (χ3v) is 5.14. The van der Waals surface area contributed by atoms with Crippen LogP contribution in [-0.4, -0.2) is 27.5 Å². The highest BCUT2D eigenvalue weighted by Crippen LogP contribution is 2.38. The number of amides is 3. The molecule has 1 N–H and O–H groups in total. The van der Waals surface area contributed by atoms with Gasteiger partial charge in [-0.3, -0.25) is 9.69 Å². The number of hydrogen-bond donors (Lipinski definition) is 1. The van der Waals surface area contributed by atoms with Gasteiger partial charge in [0.2, 0.25) is 5.76 Å². The number of carbonyl (C=O) groups is 2. The Kier molecular flexibility index (Phi) is 3.44. The van der Waals surface area contributed by atoms with E-state index < -0.39 is 5.54 Å². The Morgan fingerprint density at radius 3 is 3.00 bits per heavy atom. The highest BCUT2D eigenvalue weighted by Gasteiger charge is 2.54. The molecule has 1 spiro atoms. The van der Waals surface area contributed by atoms with Crippen LogP contribution in [0.25, 0.3) is 11.5 Å². The van der Waals surface area contributed by atoms with Crippen LogP contribution < -0.4 is 5.32 Å². The molecule has 3 amide bonds. The molecule has 2 fully saturated rings. The molecule has 2 aliphatic rings. The first-order valence-corrected chi connectivity index (χ1v) is 8.24. The van der Waals surface area contributed by atoms with E-state index in [4.69, 9.17) is 8.94 Å². The lowest BCUT2D eigenvalue weighted by Crippen LogP contribution is -2.53. The summed E-state index contributed by atoms with van der Waals surface area (Å²) in [6.45, 7) is 2.13. The number of carbonyl (C=O) groups excluding carboxylic acids is 2. The minimum absolute atomic E-state index is 0.101. The Labute approximate surface area is 139 Å². The Morgan fingerprint density at radius 2 is 2.25 bits per heavy atom. The number of aromatic nitrogens is 1. The van der Waals surface area contributed by atoms with E-state index in [9.17, 15) is 9.59 Å². The van der Waals surface area contributed by atoms with Crippen LogP contribution in [0.5, 0.6) is 0 Å². The van der Waals surface area contributed by atoms with E-state index in [-0.39, 0.29) is 24.4 Å². The van der Waals surface area contributed by atoms with Crippen molar-refractivity contribution in [2.24, 2.45) is 5.92 Å². The predicted octanol–water partition coefficient (Wildman–Crippen LogP) is 2.94. The van der Waals surface area contributed by atoms with Gasteiger partial charge < -0.3 is 14.3 Å². The molecule has 7 nitrogen and oxygen atoms in total. The highest BCUT2D eigenvalue weighted by atomic mass is 16.5. The summed E-state index contributed by atoms with van der Waals surface area (Å²) in [4.78, 5) is 26.5. The normalized spacial score (nSPS) is 27.0. The van der Waals surface area contributed by atoms with Crippen molar-refractivity contribution in [1.82, 2.24) is 15.4 Å². The van der Waals surface area contributed by atoms with Gasteiger partial charge >= 0.3 is 6.03 Å². The number of nitrogens with zero attached hydrogens (tertiary/aromatic N) is 2. The lowest BCUT2D eigenvalue weighted by Gasteiger charge is -2.36. The van der Waals surface area contributed by atoms with Gasteiger partial charge in [0, 0.05) is 6.07 Å². The van der Waals surface area contributed by atoms with E-state index in [1.54, 1.807) is 24.5 Å². The van der Waals surface area contributed by atoms with Crippen LogP contribution in [0.3, 0.4) is 0 Å². The van der Waals surface area contributed by atoms with E-state index in [2.05, 4.69) is 10.5 Å². The van der Waals surface area contributed by atoms with Crippen molar-refractivity contribution < 1.29 is 18.5 Å². The molecular formula is C17H19N3O4. The van der Waals surface area contributed by atoms with Crippen LogP contribution in [-0.2, 0) is 11.3 Å². The summed E-state index contributed by atoms with van der Waals surface area (Å²) >= 11 is 0. The van der Waals surface area contributed by atoms with Crippen molar-refractivity contribution in [2.45, 2.75) is 44.7 Å². The van der Waals surface area contributed by atoms with Crippen molar-refractivity contribution in [3.05, 3.63) is 30.2 Å². The van der Waals surface area contributed by atoms with Gasteiger partial charge in [-0.2, -0.15) is 0 Å². The van der Waals surface area contributed by atoms with Gasteiger partial charge in [0.25, 0.3) is 5.91 Å². The molecule has 3 heterocycles. The maximum Gasteiger partial charge on any atom is 0.325 e. The van der Waals surface area contributed by atoms with Crippen molar-refractivity contribution in [2.75, 3.05) is 0 Å². The predicted molar refractivity (Wildman–Crippen MR) is 83.6 cm³/mol. The van der Waals surface area contributed by atoms with Gasteiger partial charge in [0.1, 0.15) is 11.2 Å². The molecule has 126 valence electrons. The van der Waals surface area contributed by atoms with Gasteiger partial charge in [-0.15, -0.1) is 0 Å². The Morgan fingerprint density at radius 1 is 1.38 bits per heavy atom. The van der Waals surface area contributed by atoms with Crippen molar-refractivity contribution in [3.8, 4) is 11.5 Å². The lowest BCUT2D eigenvalue weighted by atomic mass is 9.73. The Balaban J connectivity index is 1.55. The molecule has 1 saturated carbocycles. The monoisotopic (exact) mass is 329 g/mol. The molecule has 0 bridgehead atoms. The summed E-state index contributed by atoms with van der Waals surface area (Å²) in [7, 11) is 0. The number of urea groups is 1. The molecule has 1 aliphatic heterocycles. The number of nitrogens with one attached hydrogen (secondary N) is 1. The number of hydrogen-bond acceptors (Lipinski definition) is 5. The van der Waals surface area contributed by atoms with Gasteiger partial charge in [-0.25, -0.2) is 4.79 Å². The average molecular weight is 329 g/mol. The van der Waals surface area contributed by atoms with Gasteiger partial charge in [0.05, 0.1) is 12.8 Å². The van der Waals surface area contributed by atoms with Crippen LogP contribution >= 0.6 is 0 Å². The zero-order chi connectivity index (χ0) is 16.7. The zero-order valence-electron chi connectivity index (χ0n) is 13.4. The third-order valence-electron chi connectivity index (χ3n) is 5.14. The quantitative estimate of drug-likeness (QED) is 0.875. The molecular weight excluding hydrogens is 310 g/mol. The molecule has 2 unspecified atom stereocenters. The second-order valence-corrected chi connectivity index (χ2v) is 6.60. The van der Waals surface area contributed by atoms with E-state index >= 15 is 0 Å². The topological polar surface area (TPSA) is 88.6 Å². The highest BCUT2D eigenvalue weighted by molar-refractivity contribution is 6.07. The number of imide groups is 1. The fraction of sp³-hybridized carbons (Fsp3) is 0.471. The van der Waals surface area contributed by atoms with E-state index in [1.807, 2.05) is 6.92 Å². The van der Waals surface area contributed by atoms with Crippen LogP contribution in [0.15, 0.2) is 33.4 Å². The molecule has 2 aromatic rings. The minimum Gasteiger partial charge on any atom is -0.461 e. The molecule has 0 aromatic carbocycles. The zero-order valence-corrected chi connectivity index (χ0v) is 13.4. The summed E-state index contributed by atoms with van der Waals surface area (Å²) in [5, 5.41) is 6.88. The van der Waals surface area contributed by atoms with Crippen LogP contribution in [0.2, 0.25) is 0 Å². The minimum atomic E-state index is -0.747. The molecule has 1 aliphatic carbocycles. The van der Waals surface area contributed by atoms with Crippen LogP contribution in [0.4, 0.5) is 4.79 Å². The van der Waals surface area contributed by atoms with Crippen LogP contribution in [0.1, 0.15) is 38.3 Å². The maximum atomic E-state index is 12.9. The van der Waals surface area contributed by atoms with Crippen molar-refractivity contribution >= 4 is 11.9 Å². The molecule has 1 saturated heterocycles. The molecule has 7 heteroatoms. The maximum absolute atomic E-state index is 12.9. The Bertz CT molecular complexity index is 767. The van der Waals surface area contributed by atoms with Gasteiger partial charge in [0.15, 0.2) is 5.76 Å². The molecule has 2 aromatic heterocycles. The second-order valence-electron chi connectivity index (χ2n) is 6.60. The SMILES string of the molecule is CC1CCCCC12NC(=O)N(Cc1cc(-c3ccco3)on1)C2=O. The number of furan rings is 1. The van der Waals surface area contributed by atoms with E-state index in [1.165, 1.54) is 4.90 Å². The Hall–Kier alpha value is -2.57. The van der Waals surface area contributed by atoms with Crippen LogP contribution in [0, 0.1) is 5.92 Å². The molecule has 24 heavy (non-hydrogen) atoms. The fourth-order valence-corrected chi connectivity index (χ4v) is 3.72. The summed E-state index contributed by atoms with van der Waals surface area (Å²) < 4.78 is 10.5. The molecule has 2 atom stereocenters. The average Bonchev–Trinajstić information content (AvgIpc) is 3.28. The fourth-order valence-electron chi connectivity index (χ4n) is 3.72. The van der Waals surface area contributed by atoms with Crippen molar-refractivity contribution in [3.63, 3.8) is 0 Å². The number of rotatable bonds is 3. The first-order valence-electron chi connectivity index (χ1n) is 8.24. The standard InChI is InChI=1S/C17H19N3O4/c1-11-5-2-3-7-17(11)15(21)20(16(22)18-17)10-12-9-14(24-19-12)13-6-4-8-23-13/h4,6,8-9,11H,2-3,5,7,10H2,1H3,(H,18,22). The molecule has 4 rings (SSSR count). The second kappa shape index (κ2) is 5.51.